The second-order valence-corrected chi connectivity index (χ2v) is 7.14. The first-order chi connectivity index (χ1) is 12.3. The molecular weight excluding hydrogens is 310 g/mol. The molecule has 1 aliphatic carbocycles. The molecule has 3 nitrogen and oxygen atoms in total. The summed E-state index contributed by atoms with van der Waals surface area (Å²) in [5.41, 5.74) is 3.66. The molecule has 0 bridgehead atoms. The molecule has 0 N–H and O–H groups in total. The van der Waals surface area contributed by atoms with Crippen LogP contribution in [0.15, 0.2) is 54.6 Å². The molecule has 0 aromatic heterocycles. The van der Waals surface area contributed by atoms with Gasteiger partial charge in [0.1, 0.15) is 6.04 Å². The van der Waals surface area contributed by atoms with E-state index in [4.69, 9.17) is 4.74 Å². The van der Waals surface area contributed by atoms with Gasteiger partial charge in [0.25, 0.3) is 0 Å². The number of carbonyl (C=O) groups excluding carboxylic acids is 1. The van der Waals surface area contributed by atoms with Gasteiger partial charge in [-0.3, -0.25) is 9.69 Å². The maximum absolute atomic E-state index is 12.2. The minimum absolute atomic E-state index is 0.0947. The summed E-state index contributed by atoms with van der Waals surface area (Å²) in [5, 5.41) is 0. The number of benzene rings is 2. The molecule has 4 rings (SSSR count). The minimum atomic E-state index is -0.101. The van der Waals surface area contributed by atoms with Crippen molar-refractivity contribution in [1.82, 2.24) is 4.90 Å². The van der Waals surface area contributed by atoms with Gasteiger partial charge in [-0.25, -0.2) is 0 Å². The molecular formula is C22H25NO2. The summed E-state index contributed by atoms with van der Waals surface area (Å²) in [4.78, 5) is 14.6. The van der Waals surface area contributed by atoms with Gasteiger partial charge in [-0.05, 0) is 29.5 Å². The quantitative estimate of drug-likeness (QED) is 0.605. The molecule has 1 unspecified atom stereocenters. The molecule has 2 fully saturated rings. The van der Waals surface area contributed by atoms with Crippen LogP contribution in [0, 0.1) is 0 Å². The van der Waals surface area contributed by atoms with Crippen LogP contribution in [0.5, 0.6) is 0 Å². The highest BCUT2D eigenvalue weighted by molar-refractivity contribution is 5.81. The Bertz CT molecular complexity index is 719. The van der Waals surface area contributed by atoms with E-state index in [1.807, 2.05) is 6.07 Å². The molecule has 1 saturated heterocycles. The monoisotopic (exact) mass is 335 g/mol. The standard InChI is InChI=1S/C22H25NO2/c1-25-22(24)21-20(23(21)19-10-6-3-7-11-19)18-14-12-17(13-15-18)16-8-4-2-5-9-16/h2,4-5,8-9,12-15,19-21H,3,6-7,10-11H2,1H3/t20-,21-,23?/m1/s1. The van der Waals surface area contributed by atoms with Crippen LogP contribution in [-0.2, 0) is 9.53 Å². The van der Waals surface area contributed by atoms with Gasteiger partial charge >= 0.3 is 5.97 Å². The zero-order chi connectivity index (χ0) is 17.2. The number of ether oxygens (including phenoxy) is 1. The molecule has 1 heterocycles. The van der Waals surface area contributed by atoms with Gasteiger partial charge in [0.05, 0.1) is 13.2 Å². The van der Waals surface area contributed by atoms with Crippen molar-refractivity contribution in [2.75, 3.05) is 7.11 Å². The highest BCUT2D eigenvalue weighted by Gasteiger charge is 2.56. The van der Waals surface area contributed by atoms with Crippen molar-refractivity contribution in [2.45, 2.75) is 50.2 Å². The third-order valence-electron chi connectivity index (χ3n) is 5.65. The highest BCUT2D eigenvalue weighted by Crippen LogP contribution is 2.48. The molecule has 0 amide bonds. The van der Waals surface area contributed by atoms with Gasteiger partial charge in [0.2, 0.25) is 0 Å². The Hall–Kier alpha value is -2.13. The van der Waals surface area contributed by atoms with Gasteiger partial charge in [0, 0.05) is 6.04 Å². The average molecular weight is 335 g/mol. The van der Waals surface area contributed by atoms with Crippen LogP contribution in [-0.4, -0.2) is 30.1 Å². The van der Waals surface area contributed by atoms with Crippen molar-refractivity contribution in [2.24, 2.45) is 0 Å². The summed E-state index contributed by atoms with van der Waals surface area (Å²) in [5.74, 6) is -0.0947. The van der Waals surface area contributed by atoms with Crippen LogP contribution in [0.2, 0.25) is 0 Å². The Kier molecular flexibility index (Phi) is 4.58. The number of esters is 1. The number of rotatable bonds is 4. The van der Waals surface area contributed by atoms with E-state index >= 15 is 0 Å². The van der Waals surface area contributed by atoms with Crippen LogP contribution < -0.4 is 0 Å². The largest absolute Gasteiger partial charge is 0.468 e. The molecule has 130 valence electrons. The first-order valence-electron chi connectivity index (χ1n) is 9.30. The highest BCUT2D eigenvalue weighted by atomic mass is 16.5. The number of methoxy groups -OCH3 is 1. The van der Waals surface area contributed by atoms with Gasteiger partial charge in [-0.1, -0.05) is 73.9 Å². The summed E-state index contributed by atoms with van der Waals surface area (Å²) in [6.07, 6.45) is 6.27. The van der Waals surface area contributed by atoms with Crippen molar-refractivity contribution in [1.29, 1.82) is 0 Å². The Morgan fingerprint density at radius 3 is 2.20 bits per heavy atom. The summed E-state index contributed by atoms with van der Waals surface area (Å²) >= 11 is 0. The third kappa shape index (κ3) is 3.21. The summed E-state index contributed by atoms with van der Waals surface area (Å²) in [6, 6.07) is 19.7. The number of carbonyl (C=O) groups is 1. The average Bonchev–Trinajstić information content (AvgIpc) is 3.44. The SMILES string of the molecule is COC(=O)[C@H]1[C@@H](c2ccc(-c3ccccc3)cc2)N1C1CCCCC1. The van der Waals surface area contributed by atoms with Crippen LogP contribution in [0.3, 0.4) is 0 Å². The zero-order valence-electron chi connectivity index (χ0n) is 14.7. The first kappa shape index (κ1) is 16.3. The van der Waals surface area contributed by atoms with Gasteiger partial charge in [0.15, 0.2) is 0 Å². The van der Waals surface area contributed by atoms with E-state index in [9.17, 15) is 4.79 Å². The predicted molar refractivity (Wildman–Crippen MR) is 99.1 cm³/mol. The topological polar surface area (TPSA) is 29.3 Å². The van der Waals surface area contributed by atoms with Gasteiger partial charge < -0.3 is 4.74 Å². The molecule has 0 spiro atoms. The Labute approximate surface area is 149 Å². The molecule has 2 aromatic carbocycles. The van der Waals surface area contributed by atoms with Crippen LogP contribution in [0.25, 0.3) is 11.1 Å². The summed E-state index contributed by atoms with van der Waals surface area (Å²) in [7, 11) is 1.50. The number of hydrogen-bond donors (Lipinski definition) is 0. The van der Waals surface area contributed by atoms with E-state index in [1.54, 1.807) is 0 Å². The fraction of sp³-hybridized carbons (Fsp3) is 0.409. The van der Waals surface area contributed by atoms with Crippen molar-refractivity contribution in [3.63, 3.8) is 0 Å². The Morgan fingerprint density at radius 1 is 0.920 bits per heavy atom. The second kappa shape index (κ2) is 7.01. The van der Waals surface area contributed by atoms with E-state index < -0.39 is 0 Å². The van der Waals surface area contributed by atoms with Crippen LogP contribution >= 0.6 is 0 Å². The first-order valence-corrected chi connectivity index (χ1v) is 9.30. The summed E-state index contributed by atoms with van der Waals surface area (Å²) < 4.78 is 5.06. The smallest absolute Gasteiger partial charge is 0.325 e. The predicted octanol–water partition coefficient (Wildman–Crippen LogP) is 4.58. The number of nitrogens with zero attached hydrogens (tertiary/aromatic N) is 1. The zero-order valence-corrected chi connectivity index (χ0v) is 14.7. The normalized spacial score (nSPS) is 26.2. The molecule has 3 heteroatoms. The van der Waals surface area contributed by atoms with Gasteiger partial charge in [-0.2, -0.15) is 0 Å². The van der Waals surface area contributed by atoms with E-state index in [-0.39, 0.29) is 18.1 Å². The van der Waals surface area contributed by atoms with Crippen molar-refractivity contribution in [3.8, 4) is 11.1 Å². The Morgan fingerprint density at radius 2 is 1.56 bits per heavy atom. The van der Waals surface area contributed by atoms with E-state index in [0.717, 1.165) is 0 Å². The lowest BCUT2D eigenvalue weighted by atomic mass is 9.95. The molecule has 1 aliphatic heterocycles. The van der Waals surface area contributed by atoms with E-state index in [1.165, 1.54) is 55.9 Å². The Balaban J connectivity index is 1.55. The molecule has 2 aromatic rings. The van der Waals surface area contributed by atoms with Crippen LogP contribution in [0.1, 0.15) is 43.7 Å². The van der Waals surface area contributed by atoms with Gasteiger partial charge in [-0.15, -0.1) is 0 Å². The lowest BCUT2D eigenvalue weighted by Gasteiger charge is -2.24. The van der Waals surface area contributed by atoms with Crippen LogP contribution in [0.4, 0.5) is 0 Å². The maximum Gasteiger partial charge on any atom is 0.325 e. The van der Waals surface area contributed by atoms with Crippen molar-refractivity contribution < 1.29 is 9.53 Å². The fourth-order valence-electron chi connectivity index (χ4n) is 4.31. The van der Waals surface area contributed by atoms with Crippen molar-refractivity contribution in [3.05, 3.63) is 60.2 Å². The summed E-state index contributed by atoms with van der Waals surface area (Å²) in [6.45, 7) is 0. The molecule has 0 radical (unpaired) electrons. The molecule has 2 aliphatic rings. The lowest BCUT2D eigenvalue weighted by molar-refractivity contribution is -0.141. The third-order valence-corrected chi connectivity index (χ3v) is 5.65. The minimum Gasteiger partial charge on any atom is -0.468 e. The number of hydrogen-bond acceptors (Lipinski definition) is 3. The second-order valence-electron chi connectivity index (χ2n) is 7.14. The molecule has 25 heavy (non-hydrogen) atoms. The van der Waals surface area contributed by atoms with Crippen molar-refractivity contribution >= 4 is 5.97 Å². The maximum atomic E-state index is 12.2. The molecule has 1 saturated carbocycles. The fourth-order valence-corrected chi connectivity index (χ4v) is 4.31. The van der Waals surface area contributed by atoms with E-state index in [2.05, 4.69) is 53.4 Å². The molecule has 3 atom stereocenters. The van der Waals surface area contributed by atoms with E-state index in [0.29, 0.717) is 6.04 Å². The lowest BCUT2D eigenvalue weighted by Crippen LogP contribution is -2.26.